The molecule has 0 fully saturated rings. The van der Waals surface area contributed by atoms with Crippen molar-refractivity contribution in [2.75, 3.05) is 5.73 Å². The monoisotopic (exact) mass is 306 g/mol. The van der Waals surface area contributed by atoms with E-state index in [9.17, 15) is 0 Å². The molecular weight excluding hydrogens is 296 g/mol. The van der Waals surface area contributed by atoms with Crippen molar-refractivity contribution in [1.29, 1.82) is 0 Å². The molecular formula is C13H11ClN4OS. The Balaban J connectivity index is 1.86. The normalized spacial score (nSPS) is 12.7. The minimum atomic E-state index is 0.125. The number of pyridine rings is 1. The number of hydrogen-bond acceptors (Lipinski definition) is 6. The Hall–Kier alpha value is -1.79. The number of nitrogen functional groups attached to an aromatic ring is 1. The van der Waals surface area contributed by atoms with Crippen LogP contribution in [0.5, 0.6) is 0 Å². The zero-order chi connectivity index (χ0) is 14.1. The fraction of sp³-hybridized carbons (Fsp3) is 0.154. The van der Waals surface area contributed by atoms with E-state index in [2.05, 4.69) is 15.0 Å². The first-order valence-corrected chi connectivity index (χ1v) is 7.17. The SMILES string of the molecule is CC(Sc1nc(N)cc(Cl)n1)c1cnc2occc2c1. The second-order valence-corrected chi connectivity index (χ2v) is 5.94. The molecule has 0 aliphatic carbocycles. The van der Waals surface area contributed by atoms with Crippen LogP contribution in [0.25, 0.3) is 11.1 Å². The zero-order valence-corrected chi connectivity index (χ0v) is 12.1. The van der Waals surface area contributed by atoms with Gasteiger partial charge in [-0.3, -0.25) is 0 Å². The van der Waals surface area contributed by atoms with Gasteiger partial charge in [-0.25, -0.2) is 15.0 Å². The van der Waals surface area contributed by atoms with Crippen LogP contribution in [-0.4, -0.2) is 15.0 Å². The molecule has 0 saturated carbocycles. The Morgan fingerprint density at radius 1 is 1.35 bits per heavy atom. The smallest absolute Gasteiger partial charge is 0.225 e. The maximum atomic E-state index is 5.87. The molecule has 3 aromatic rings. The summed E-state index contributed by atoms with van der Waals surface area (Å²) in [6.45, 7) is 2.05. The van der Waals surface area contributed by atoms with Crippen LogP contribution in [0.4, 0.5) is 5.82 Å². The summed E-state index contributed by atoms with van der Waals surface area (Å²) in [5, 5.41) is 1.99. The number of nitrogens with two attached hydrogens (primary N) is 1. The van der Waals surface area contributed by atoms with Gasteiger partial charge in [0.05, 0.1) is 6.26 Å². The van der Waals surface area contributed by atoms with E-state index in [4.69, 9.17) is 21.8 Å². The molecule has 5 nitrogen and oxygen atoms in total. The van der Waals surface area contributed by atoms with Crippen LogP contribution >= 0.6 is 23.4 Å². The minimum Gasteiger partial charge on any atom is -0.446 e. The average Bonchev–Trinajstić information content (AvgIpc) is 2.84. The summed E-state index contributed by atoms with van der Waals surface area (Å²) in [6, 6.07) is 5.45. The lowest BCUT2D eigenvalue weighted by molar-refractivity contribution is 0.603. The summed E-state index contributed by atoms with van der Waals surface area (Å²) in [4.78, 5) is 12.6. The number of fused-ring (bicyclic) bond motifs is 1. The van der Waals surface area contributed by atoms with Gasteiger partial charge in [0, 0.05) is 22.9 Å². The van der Waals surface area contributed by atoms with Gasteiger partial charge < -0.3 is 10.2 Å². The van der Waals surface area contributed by atoms with Crippen molar-refractivity contribution < 1.29 is 4.42 Å². The summed E-state index contributed by atoms with van der Waals surface area (Å²) in [5.41, 5.74) is 7.36. The van der Waals surface area contributed by atoms with Crippen LogP contribution in [0.15, 0.2) is 40.2 Å². The van der Waals surface area contributed by atoms with E-state index < -0.39 is 0 Å². The molecule has 3 aromatic heterocycles. The number of thioether (sulfide) groups is 1. The number of halogens is 1. The van der Waals surface area contributed by atoms with E-state index >= 15 is 0 Å². The number of anilines is 1. The summed E-state index contributed by atoms with van der Waals surface area (Å²) in [5.74, 6) is 0.364. The number of nitrogens with zero attached hydrogens (tertiary/aromatic N) is 3. The molecule has 0 spiro atoms. The third-order valence-corrected chi connectivity index (χ3v) is 3.99. The summed E-state index contributed by atoms with van der Waals surface area (Å²) in [7, 11) is 0. The third-order valence-electron chi connectivity index (χ3n) is 2.77. The van der Waals surface area contributed by atoms with Crippen LogP contribution in [0, 0.1) is 0 Å². The molecule has 0 aliphatic rings. The van der Waals surface area contributed by atoms with Crippen LogP contribution in [-0.2, 0) is 0 Å². The van der Waals surface area contributed by atoms with Gasteiger partial charge in [0.2, 0.25) is 5.71 Å². The fourth-order valence-corrected chi connectivity index (χ4v) is 2.92. The highest BCUT2D eigenvalue weighted by Crippen LogP contribution is 2.34. The lowest BCUT2D eigenvalue weighted by Gasteiger charge is -2.10. The molecule has 102 valence electrons. The molecule has 7 heteroatoms. The molecule has 3 rings (SSSR count). The maximum absolute atomic E-state index is 5.87. The number of hydrogen-bond donors (Lipinski definition) is 1. The minimum absolute atomic E-state index is 0.125. The molecule has 3 heterocycles. The van der Waals surface area contributed by atoms with E-state index in [0.717, 1.165) is 10.9 Å². The molecule has 0 aromatic carbocycles. The van der Waals surface area contributed by atoms with Gasteiger partial charge in [-0.1, -0.05) is 23.4 Å². The predicted molar refractivity (Wildman–Crippen MR) is 79.7 cm³/mol. The highest BCUT2D eigenvalue weighted by Gasteiger charge is 2.12. The molecule has 1 atom stereocenters. The topological polar surface area (TPSA) is 77.8 Å². The Bertz CT molecular complexity index is 741. The van der Waals surface area contributed by atoms with Crippen LogP contribution in [0.3, 0.4) is 0 Å². The second-order valence-electron chi connectivity index (χ2n) is 4.24. The van der Waals surface area contributed by atoms with E-state index in [1.165, 1.54) is 17.8 Å². The number of furan rings is 1. The largest absolute Gasteiger partial charge is 0.446 e. The molecule has 20 heavy (non-hydrogen) atoms. The summed E-state index contributed by atoms with van der Waals surface area (Å²) >= 11 is 7.35. The summed E-state index contributed by atoms with van der Waals surface area (Å²) in [6.07, 6.45) is 3.41. The Labute approximate surface area is 124 Å². The standard InChI is InChI=1S/C13H11ClN4OS/c1-7(20-13-17-10(14)5-11(15)18-13)9-4-8-2-3-19-12(8)16-6-9/h2-7H,1H3,(H2,15,17,18). The first kappa shape index (κ1) is 13.2. The molecule has 1 unspecified atom stereocenters. The van der Waals surface area contributed by atoms with Gasteiger partial charge in [0.15, 0.2) is 5.16 Å². The van der Waals surface area contributed by atoms with Crippen molar-refractivity contribution in [3.63, 3.8) is 0 Å². The van der Waals surface area contributed by atoms with Crippen LogP contribution in [0.1, 0.15) is 17.7 Å². The highest BCUT2D eigenvalue weighted by molar-refractivity contribution is 7.99. The molecule has 0 radical (unpaired) electrons. The van der Waals surface area contributed by atoms with E-state index in [1.807, 2.05) is 19.1 Å². The van der Waals surface area contributed by atoms with Gasteiger partial charge in [-0.15, -0.1) is 0 Å². The molecule has 0 saturated heterocycles. The molecule has 2 N–H and O–H groups in total. The fourth-order valence-electron chi connectivity index (χ4n) is 1.79. The maximum Gasteiger partial charge on any atom is 0.225 e. The first-order chi connectivity index (χ1) is 9.61. The highest BCUT2D eigenvalue weighted by atomic mass is 35.5. The van der Waals surface area contributed by atoms with Gasteiger partial charge in [0.1, 0.15) is 11.0 Å². The Morgan fingerprint density at radius 2 is 2.20 bits per heavy atom. The lowest BCUT2D eigenvalue weighted by atomic mass is 10.2. The van der Waals surface area contributed by atoms with Gasteiger partial charge in [-0.05, 0) is 24.6 Å². The average molecular weight is 307 g/mol. The van der Waals surface area contributed by atoms with Gasteiger partial charge >= 0.3 is 0 Å². The Kier molecular flexibility index (Phi) is 3.50. The number of aromatic nitrogens is 3. The Morgan fingerprint density at radius 3 is 3.00 bits per heavy atom. The quantitative estimate of drug-likeness (QED) is 0.451. The van der Waals surface area contributed by atoms with Crippen molar-refractivity contribution in [3.05, 3.63) is 41.4 Å². The third kappa shape index (κ3) is 2.71. The van der Waals surface area contributed by atoms with Crippen molar-refractivity contribution in [2.24, 2.45) is 0 Å². The van der Waals surface area contributed by atoms with Crippen molar-refractivity contribution in [2.45, 2.75) is 17.3 Å². The molecule has 0 aliphatic heterocycles. The van der Waals surface area contributed by atoms with Crippen molar-refractivity contribution >= 4 is 40.3 Å². The first-order valence-electron chi connectivity index (χ1n) is 5.91. The van der Waals surface area contributed by atoms with Crippen molar-refractivity contribution in [3.8, 4) is 0 Å². The van der Waals surface area contributed by atoms with Crippen molar-refractivity contribution in [1.82, 2.24) is 15.0 Å². The molecule has 0 amide bonds. The van der Waals surface area contributed by atoms with Crippen LogP contribution < -0.4 is 5.73 Å². The zero-order valence-electron chi connectivity index (χ0n) is 10.6. The molecule has 0 bridgehead atoms. The number of rotatable bonds is 3. The second kappa shape index (κ2) is 5.30. The van der Waals surface area contributed by atoms with E-state index in [1.54, 1.807) is 12.5 Å². The van der Waals surface area contributed by atoms with E-state index in [-0.39, 0.29) is 5.25 Å². The summed E-state index contributed by atoms with van der Waals surface area (Å²) < 4.78 is 5.23. The van der Waals surface area contributed by atoms with Crippen LogP contribution in [0.2, 0.25) is 5.15 Å². The lowest BCUT2D eigenvalue weighted by Crippen LogP contribution is -1.97. The van der Waals surface area contributed by atoms with Gasteiger partial charge in [0.25, 0.3) is 0 Å². The van der Waals surface area contributed by atoms with E-state index in [0.29, 0.717) is 21.8 Å². The van der Waals surface area contributed by atoms with Gasteiger partial charge in [-0.2, -0.15) is 0 Å². The predicted octanol–water partition coefficient (Wildman–Crippen LogP) is 3.71.